The van der Waals surface area contributed by atoms with Crippen molar-refractivity contribution in [2.24, 2.45) is 5.41 Å². The first-order valence-corrected chi connectivity index (χ1v) is 4.57. The van der Waals surface area contributed by atoms with Crippen LogP contribution < -0.4 is 5.32 Å². The van der Waals surface area contributed by atoms with Crippen molar-refractivity contribution in [2.75, 3.05) is 13.2 Å². The van der Waals surface area contributed by atoms with Crippen LogP contribution in [0.15, 0.2) is 0 Å². The first kappa shape index (κ1) is 9.01. The average Bonchev–Trinajstić information content (AvgIpc) is 2.05. The van der Waals surface area contributed by atoms with Gasteiger partial charge in [-0.2, -0.15) is 0 Å². The van der Waals surface area contributed by atoms with E-state index < -0.39 is 0 Å². The summed E-state index contributed by atoms with van der Waals surface area (Å²) in [6.07, 6.45) is 3.49. The highest BCUT2D eigenvalue weighted by Crippen LogP contribution is 2.31. The first-order chi connectivity index (χ1) is 5.23. The summed E-state index contributed by atoms with van der Waals surface area (Å²) >= 11 is 0. The van der Waals surface area contributed by atoms with Crippen molar-refractivity contribution < 1.29 is 5.11 Å². The third kappa shape index (κ3) is 1.74. The van der Waals surface area contributed by atoms with Crippen molar-refractivity contribution >= 4 is 0 Å². The van der Waals surface area contributed by atoms with Gasteiger partial charge in [0.1, 0.15) is 0 Å². The van der Waals surface area contributed by atoms with E-state index in [2.05, 4.69) is 19.2 Å². The predicted octanol–water partition coefficient (Wildman–Crippen LogP) is 1.15. The van der Waals surface area contributed by atoms with Crippen LogP contribution in [0, 0.1) is 5.41 Å². The van der Waals surface area contributed by atoms with Gasteiger partial charge in [0.15, 0.2) is 0 Å². The van der Waals surface area contributed by atoms with Gasteiger partial charge in [0.2, 0.25) is 0 Å². The molecule has 1 heterocycles. The summed E-state index contributed by atoms with van der Waals surface area (Å²) in [6, 6.07) is 0.515. The number of nitrogens with one attached hydrogen (secondary N) is 1. The van der Waals surface area contributed by atoms with Crippen molar-refractivity contribution in [1.82, 2.24) is 5.32 Å². The molecule has 2 nitrogen and oxygen atoms in total. The molecule has 0 aromatic rings. The Bertz CT molecular complexity index is 127. The lowest BCUT2D eigenvalue weighted by molar-refractivity contribution is 0.0661. The minimum Gasteiger partial charge on any atom is -0.396 e. The van der Waals surface area contributed by atoms with Crippen LogP contribution in [0.1, 0.15) is 33.1 Å². The van der Waals surface area contributed by atoms with Gasteiger partial charge in [-0.1, -0.05) is 13.8 Å². The molecule has 66 valence electrons. The van der Waals surface area contributed by atoms with Crippen LogP contribution in [0.3, 0.4) is 0 Å². The third-order valence-corrected chi connectivity index (χ3v) is 2.93. The van der Waals surface area contributed by atoms with Gasteiger partial charge in [0.25, 0.3) is 0 Å². The summed E-state index contributed by atoms with van der Waals surface area (Å²) in [5.41, 5.74) is 0.132. The van der Waals surface area contributed by atoms with E-state index in [1.807, 2.05) is 0 Å². The van der Waals surface area contributed by atoms with Crippen molar-refractivity contribution in [3.63, 3.8) is 0 Å². The Morgan fingerprint density at radius 1 is 1.64 bits per heavy atom. The molecule has 2 N–H and O–H groups in total. The zero-order valence-corrected chi connectivity index (χ0v) is 7.56. The van der Waals surface area contributed by atoms with E-state index in [4.69, 9.17) is 0 Å². The van der Waals surface area contributed by atoms with Crippen LogP contribution in [-0.4, -0.2) is 24.3 Å². The van der Waals surface area contributed by atoms with Gasteiger partial charge in [-0.15, -0.1) is 0 Å². The van der Waals surface area contributed by atoms with Gasteiger partial charge in [-0.25, -0.2) is 0 Å². The van der Waals surface area contributed by atoms with Gasteiger partial charge in [-0.05, 0) is 25.8 Å². The largest absolute Gasteiger partial charge is 0.396 e. The summed E-state index contributed by atoms with van der Waals surface area (Å²) in [6.45, 7) is 5.79. The molecule has 2 atom stereocenters. The SMILES string of the molecule is CC[C@@H]1NCCC[C@@]1(C)CO. The lowest BCUT2D eigenvalue weighted by atomic mass is 9.75. The van der Waals surface area contributed by atoms with E-state index in [-0.39, 0.29) is 5.41 Å². The fourth-order valence-electron chi connectivity index (χ4n) is 2.02. The second kappa shape index (κ2) is 3.55. The molecule has 0 aliphatic carbocycles. The lowest BCUT2D eigenvalue weighted by Crippen LogP contribution is -2.49. The fourth-order valence-corrected chi connectivity index (χ4v) is 2.02. The zero-order valence-electron chi connectivity index (χ0n) is 7.56. The number of piperidine rings is 1. The topological polar surface area (TPSA) is 32.3 Å². The normalized spacial score (nSPS) is 39.0. The maximum Gasteiger partial charge on any atom is 0.0499 e. The highest BCUT2D eigenvalue weighted by Gasteiger charge is 2.34. The Hall–Kier alpha value is -0.0800. The van der Waals surface area contributed by atoms with E-state index in [1.54, 1.807) is 0 Å². The Labute approximate surface area is 69.0 Å². The Morgan fingerprint density at radius 3 is 2.82 bits per heavy atom. The highest BCUT2D eigenvalue weighted by molar-refractivity contribution is 4.89. The van der Waals surface area contributed by atoms with E-state index >= 15 is 0 Å². The molecule has 0 unspecified atom stereocenters. The monoisotopic (exact) mass is 157 g/mol. The number of hydrogen-bond donors (Lipinski definition) is 2. The maximum absolute atomic E-state index is 9.21. The summed E-state index contributed by atoms with van der Waals surface area (Å²) in [5.74, 6) is 0. The number of hydrogen-bond acceptors (Lipinski definition) is 2. The first-order valence-electron chi connectivity index (χ1n) is 4.57. The lowest BCUT2D eigenvalue weighted by Gasteiger charge is -2.40. The molecule has 1 aliphatic rings. The van der Waals surface area contributed by atoms with E-state index in [9.17, 15) is 5.11 Å². The highest BCUT2D eigenvalue weighted by atomic mass is 16.3. The summed E-state index contributed by atoms with van der Waals surface area (Å²) < 4.78 is 0. The van der Waals surface area contributed by atoms with Crippen LogP contribution in [0.4, 0.5) is 0 Å². The minimum absolute atomic E-state index is 0.132. The minimum atomic E-state index is 0.132. The van der Waals surface area contributed by atoms with E-state index in [0.717, 1.165) is 19.4 Å². The van der Waals surface area contributed by atoms with E-state index in [1.165, 1.54) is 6.42 Å². The number of aliphatic hydroxyl groups is 1. The zero-order chi connectivity index (χ0) is 8.32. The molecule has 0 radical (unpaired) electrons. The molecule has 1 saturated heterocycles. The average molecular weight is 157 g/mol. The Kier molecular flexibility index (Phi) is 2.90. The molecule has 0 spiro atoms. The predicted molar refractivity (Wildman–Crippen MR) is 46.5 cm³/mol. The molecule has 1 aliphatic heterocycles. The van der Waals surface area contributed by atoms with Crippen LogP contribution in [0.25, 0.3) is 0 Å². The smallest absolute Gasteiger partial charge is 0.0499 e. The standard InChI is InChI=1S/C9H19NO/c1-3-8-9(2,7-11)5-4-6-10-8/h8,10-11H,3-7H2,1-2H3/t8-,9-/m0/s1. The van der Waals surface area contributed by atoms with Gasteiger partial charge in [0.05, 0.1) is 0 Å². The second-order valence-corrected chi connectivity index (χ2v) is 3.83. The van der Waals surface area contributed by atoms with Crippen LogP contribution >= 0.6 is 0 Å². The number of aliphatic hydroxyl groups excluding tert-OH is 1. The molecule has 1 fully saturated rings. The summed E-state index contributed by atoms with van der Waals surface area (Å²) in [7, 11) is 0. The van der Waals surface area contributed by atoms with Crippen molar-refractivity contribution in [3.05, 3.63) is 0 Å². The van der Waals surface area contributed by atoms with Crippen LogP contribution in [0.2, 0.25) is 0 Å². The number of rotatable bonds is 2. The van der Waals surface area contributed by atoms with Crippen molar-refractivity contribution in [1.29, 1.82) is 0 Å². The summed E-state index contributed by atoms with van der Waals surface area (Å²) in [4.78, 5) is 0. The van der Waals surface area contributed by atoms with Gasteiger partial charge in [0, 0.05) is 18.1 Å². The quantitative estimate of drug-likeness (QED) is 0.630. The van der Waals surface area contributed by atoms with Gasteiger partial charge in [-0.3, -0.25) is 0 Å². The maximum atomic E-state index is 9.21. The van der Waals surface area contributed by atoms with Gasteiger partial charge >= 0.3 is 0 Å². The molecular formula is C9H19NO. The molecule has 2 heteroatoms. The van der Waals surface area contributed by atoms with Crippen molar-refractivity contribution in [3.8, 4) is 0 Å². The molecule has 0 aromatic carbocycles. The Morgan fingerprint density at radius 2 is 2.36 bits per heavy atom. The fraction of sp³-hybridized carbons (Fsp3) is 1.00. The molecule has 0 bridgehead atoms. The molecular weight excluding hydrogens is 138 g/mol. The summed E-state index contributed by atoms with van der Waals surface area (Å²) in [5, 5.41) is 12.7. The van der Waals surface area contributed by atoms with Crippen LogP contribution in [0.5, 0.6) is 0 Å². The molecule has 1 rings (SSSR count). The van der Waals surface area contributed by atoms with E-state index in [0.29, 0.717) is 12.6 Å². The molecule has 11 heavy (non-hydrogen) atoms. The third-order valence-electron chi connectivity index (χ3n) is 2.93. The van der Waals surface area contributed by atoms with Crippen molar-refractivity contribution in [2.45, 2.75) is 39.2 Å². The second-order valence-electron chi connectivity index (χ2n) is 3.83. The van der Waals surface area contributed by atoms with Crippen LogP contribution in [-0.2, 0) is 0 Å². The molecule has 0 amide bonds. The molecule has 0 saturated carbocycles. The Balaban J connectivity index is 2.57. The molecule has 0 aromatic heterocycles. The van der Waals surface area contributed by atoms with Gasteiger partial charge < -0.3 is 10.4 Å².